The summed E-state index contributed by atoms with van der Waals surface area (Å²) in [5, 5.41) is 26.3. The van der Waals surface area contributed by atoms with Gasteiger partial charge in [-0.2, -0.15) is 9.61 Å². The molecule has 0 unspecified atom stereocenters. The van der Waals surface area contributed by atoms with Crippen molar-refractivity contribution in [1.82, 2.24) is 24.8 Å². The number of aromatic nitrogens is 5. The minimum atomic E-state index is -0.353. The van der Waals surface area contributed by atoms with E-state index < -0.39 is 0 Å². The van der Waals surface area contributed by atoms with E-state index in [1.165, 1.54) is 6.07 Å². The summed E-state index contributed by atoms with van der Waals surface area (Å²) in [6.45, 7) is 1.73. The van der Waals surface area contributed by atoms with Crippen molar-refractivity contribution in [3.63, 3.8) is 0 Å². The van der Waals surface area contributed by atoms with Crippen molar-refractivity contribution in [2.24, 2.45) is 5.16 Å². The number of aliphatic hydroxyl groups excluding tert-OH is 1. The smallest absolute Gasteiger partial charge is 0.177 e. The molecule has 0 spiro atoms. The van der Waals surface area contributed by atoms with Crippen LogP contribution in [-0.4, -0.2) is 48.8 Å². The number of fused-ring (bicyclic) bond motifs is 2. The Morgan fingerprint density at radius 2 is 2.14 bits per heavy atom. The molecule has 3 aromatic heterocycles. The number of aliphatic hydroxyl groups is 1. The van der Waals surface area contributed by atoms with Gasteiger partial charge in [0.25, 0.3) is 0 Å². The molecule has 3 heterocycles. The largest absolute Gasteiger partial charge is 0.393 e. The summed E-state index contributed by atoms with van der Waals surface area (Å²) in [7, 11) is 0. The highest BCUT2D eigenvalue weighted by Crippen LogP contribution is 2.20. The summed E-state index contributed by atoms with van der Waals surface area (Å²) in [6, 6.07) is 10.4. The lowest BCUT2D eigenvalue weighted by atomic mass is 10.1. The van der Waals surface area contributed by atoms with E-state index in [0.29, 0.717) is 34.0 Å². The maximum atomic E-state index is 14.5. The fourth-order valence-corrected chi connectivity index (χ4v) is 2.81. The van der Waals surface area contributed by atoms with Gasteiger partial charge >= 0.3 is 0 Å². The van der Waals surface area contributed by atoms with E-state index in [1.807, 2.05) is 12.1 Å². The molecule has 4 aromatic rings. The van der Waals surface area contributed by atoms with Crippen molar-refractivity contribution >= 4 is 22.3 Å². The SMILES string of the molecule is CC(=NOCCO)c1ccc2nnc(Cc3cc4cccnc4cc3F)n2n1. The molecule has 1 aromatic carbocycles. The molecule has 4 rings (SSSR count). The Morgan fingerprint density at radius 1 is 1.25 bits per heavy atom. The Morgan fingerprint density at radius 3 is 3.00 bits per heavy atom. The van der Waals surface area contributed by atoms with Crippen LogP contribution in [0.2, 0.25) is 0 Å². The number of hydrogen-bond donors (Lipinski definition) is 1. The normalized spacial score (nSPS) is 12.0. The summed E-state index contributed by atoms with van der Waals surface area (Å²) in [5.41, 5.74) is 2.74. The molecule has 0 saturated heterocycles. The van der Waals surface area contributed by atoms with Gasteiger partial charge in [-0.1, -0.05) is 11.2 Å². The molecule has 0 aliphatic heterocycles. The number of benzene rings is 1. The van der Waals surface area contributed by atoms with Gasteiger partial charge in [0, 0.05) is 24.1 Å². The highest BCUT2D eigenvalue weighted by molar-refractivity contribution is 5.96. The fourth-order valence-electron chi connectivity index (χ4n) is 2.81. The van der Waals surface area contributed by atoms with E-state index in [9.17, 15) is 4.39 Å². The predicted octanol–water partition coefficient (Wildman–Crippen LogP) is 2.14. The van der Waals surface area contributed by atoms with E-state index in [-0.39, 0.29) is 25.5 Å². The molecular weight excluding hydrogens is 363 g/mol. The van der Waals surface area contributed by atoms with Crippen molar-refractivity contribution in [1.29, 1.82) is 0 Å². The van der Waals surface area contributed by atoms with Gasteiger partial charge in [0.1, 0.15) is 23.8 Å². The summed E-state index contributed by atoms with van der Waals surface area (Å²) >= 11 is 0. The van der Waals surface area contributed by atoms with Crippen LogP contribution in [-0.2, 0) is 11.3 Å². The van der Waals surface area contributed by atoms with Crippen LogP contribution in [0, 0.1) is 5.82 Å². The number of rotatable bonds is 6. The number of hydrogen-bond acceptors (Lipinski definition) is 7. The van der Waals surface area contributed by atoms with Crippen LogP contribution in [0.3, 0.4) is 0 Å². The molecule has 142 valence electrons. The number of halogens is 1. The third-order valence-corrected chi connectivity index (χ3v) is 4.20. The van der Waals surface area contributed by atoms with Crippen molar-refractivity contribution in [2.45, 2.75) is 13.3 Å². The molecule has 1 N–H and O–H groups in total. The first-order valence-corrected chi connectivity index (χ1v) is 8.68. The molecule has 0 radical (unpaired) electrons. The maximum Gasteiger partial charge on any atom is 0.177 e. The van der Waals surface area contributed by atoms with Gasteiger partial charge in [0.2, 0.25) is 0 Å². The maximum absolute atomic E-state index is 14.5. The highest BCUT2D eigenvalue weighted by Gasteiger charge is 2.13. The minimum absolute atomic E-state index is 0.105. The summed E-state index contributed by atoms with van der Waals surface area (Å²) in [4.78, 5) is 9.14. The zero-order valence-electron chi connectivity index (χ0n) is 15.1. The van der Waals surface area contributed by atoms with Crippen LogP contribution in [0.15, 0.2) is 47.8 Å². The molecule has 0 aliphatic carbocycles. The Bertz CT molecular complexity index is 1170. The average molecular weight is 380 g/mol. The van der Waals surface area contributed by atoms with Gasteiger partial charge < -0.3 is 9.94 Å². The quantitative estimate of drug-likeness (QED) is 0.313. The average Bonchev–Trinajstić information content (AvgIpc) is 3.10. The lowest BCUT2D eigenvalue weighted by Gasteiger charge is -2.05. The molecule has 0 fully saturated rings. The lowest BCUT2D eigenvalue weighted by molar-refractivity contribution is 0.0986. The van der Waals surface area contributed by atoms with Gasteiger partial charge in [-0.25, -0.2) is 4.39 Å². The van der Waals surface area contributed by atoms with Crippen molar-refractivity contribution in [3.05, 3.63) is 65.5 Å². The molecule has 0 saturated carbocycles. The van der Waals surface area contributed by atoms with Crippen LogP contribution < -0.4 is 0 Å². The molecule has 0 atom stereocenters. The molecule has 0 aliphatic rings. The molecule has 28 heavy (non-hydrogen) atoms. The summed E-state index contributed by atoms with van der Waals surface area (Å²) < 4.78 is 16.1. The topological polar surface area (TPSA) is 97.8 Å². The standard InChI is InChI=1S/C19H17FN6O2/c1-12(25-28-8-7-27)16-4-5-18-22-23-19(26(18)24-16)10-14-9-13-3-2-6-21-17(13)11-15(14)20/h2-6,9,11,27H,7-8,10H2,1H3. The zero-order chi connectivity index (χ0) is 19.5. The minimum Gasteiger partial charge on any atom is -0.393 e. The molecular formula is C19H17FN6O2. The van der Waals surface area contributed by atoms with Gasteiger partial charge in [-0.15, -0.1) is 10.2 Å². The van der Waals surface area contributed by atoms with E-state index in [4.69, 9.17) is 9.94 Å². The van der Waals surface area contributed by atoms with Crippen LogP contribution in [0.25, 0.3) is 16.6 Å². The second-order valence-corrected chi connectivity index (χ2v) is 6.15. The van der Waals surface area contributed by atoms with Gasteiger partial charge in [-0.05, 0) is 36.8 Å². The van der Waals surface area contributed by atoms with E-state index >= 15 is 0 Å². The van der Waals surface area contributed by atoms with Gasteiger partial charge in [0.05, 0.1) is 12.1 Å². The summed E-state index contributed by atoms with van der Waals surface area (Å²) in [5.74, 6) is 0.150. The molecule has 8 nitrogen and oxygen atoms in total. The lowest BCUT2D eigenvalue weighted by Crippen LogP contribution is -2.08. The Kier molecular flexibility index (Phi) is 4.90. The van der Waals surface area contributed by atoms with Crippen LogP contribution in [0.5, 0.6) is 0 Å². The molecule has 0 amide bonds. The first kappa shape index (κ1) is 17.9. The summed E-state index contributed by atoms with van der Waals surface area (Å²) in [6.07, 6.45) is 1.86. The van der Waals surface area contributed by atoms with Crippen molar-refractivity contribution < 1.29 is 14.3 Å². The van der Waals surface area contributed by atoms with Crippen LogP contribution in [0.4, 0.5) is 4.39 Å². The Labute approximate surface area is 159 Å². The second-order valence-electron chi connectivity index (χ2n) is 6.15. The predicted molar refractivity (Wildman–Crippen MR) is 101 cm³/mol. The first-order chi connectivity index (χ1) is 13.7. The van der Waals surface area contributed by atoms with Crippen LogP contribution >= 0.6 is 0 Å². The molecule has 0 bridgehead atoms. The van der Waals surface area contributed by atoms with E-state index in [0.717, 1.165) is 5.39 Å². The van der Waals surface area contributed by atoms with E-state index in [2.05, 4.69) is 25.4 Å². The van der Waals surface area contributed by atoms with Gasteiger partial charge in [0.15, 0.2) is 11.5 Å². The van der Waals surface area contributed by atoms with E-state index in [1.54, 1.807) is 35.8 Å². The Hall–Kier alpha value is -3.46. The number of oxime groups is 1. The second kappa shape index (κ2) is 7.65. The van der Waals surface area contributed by atoms with Crippen molar-refractivity contribution in [2.75, 3.05) is 13.2 Å². The Balaban J connectivity index is 1.68. The zero-order valence-corrected chi connectivity index (χ0v) is 15.1. The monoisotopic (exact) mass is 380 g/mol. The third kappa shape index (κ3) is 3.52. The number of pyridine rings is 1. The fraction of sp³-hybridized carbons (Fsp3) is 0.211. The number of nitrogens with zero attached hydrogens (tertiary/aromatic N) is 6. The highest BCUT2D eigenvalue weighted by atomic mass is 19.1. The van der Waals surface area contributed by atoms with Crippen molar-refractivity contribution in [3.8, 4) is 0 Å². The first-order valence-electron chi connectivity index (χ1n) is 8.68. The third-order valence-electron chi connectivity index (χ3n) is 4.20. The van der Waals surface area contributed by atoms with Gasteiger partial charge in [-0.3, -0.25) is 4.98 Å². The molecule has 9 heteroatoms. The van der Waals surface area contributed by atoms with Crippen LogP contribution in [0.1, 0.15) is 24.0 Å².